The first kappa shape index (κ1) is 18.0. The zero-order valence-electron chi connectivity index (χ0n) is 14.8. The van der Waals surface area contributed by atoms with Gasteiger partial charge >= 0.3 is 11.6 Å². The Kier molecular flexibility index (Phi) is 4.97. The standard InChI is InChI=1S/C19H21NO6/c1-3-12-9-17(22)26-15-8-11(2)7-14(18(12)15)25-10-16(21)20-6-4-5-13(20)19(23)24/h7-9,13H,3-6,10H2,1-2H3,(H,23,24)/t13-/m1/s1. The average Bonchev–Trinajstić information content (AvgIpc) is 3.08. The lowest BCUT2D eigenvalue weighted by molar-refractivity contribution is -0.148. The van der Waals surface area contributed by atoms with Gasteiger partial charge in [0.25, 0.3) is 5.91 Å². The predicted octanol–water partition coefficient (Wildman–Crippen LogP) is 2.12. The molecule has 3 rings (SSSR count). The zero-order valence-corrected chi connectivity index (χ0v) is 14.8. The Bertz CT molecular complexity index is 916. The van der Waals surface area contributed by atoms with E-state index in [1.54, 1.807) is 12.1 Å². The lowest BCUT2D eigenvalue weighted by atomic mass is 10.1. The van der Waals surface area contributed by atoms with E-state index in [4.69, 9.17) is 9.15 Å². The fourth-order valence-corrected chi connectivity index (χ4v) is 3.41. The predicted molar refractivity (Wildman–Crippen MR) is 94.5 cm³/mol. The molecule has 1 aromatic heterocycles. The highest BCUT2D eigenvalue weighted by Crippen LogP contribution is 2.30. The lowest BCUT2D eigenvalue weighted by Crippen LogP contribution is -2.42. The van der Waals surface area contributed by atoms with Crippen LogP contribution in [0.15, 0.2) is 27.4 Å². The second kappa shape index (κ2) is 7.19. The zero-order chi connectivity index (χ0) is 18.8. The quantitative estimate of drug-likeness (QED) is 0.822. The Morgan fingerprint density at radius 2 is 2.12 bits per heavy atom. The maximum Gasteiger partial charge on any atom is 0.336 e. The summed E-state index contributed by atoms with van der Waals surface area (Å²) in [5, 5.41) is 9.88. The average molecular weight is 359 g/mol. The summed E-state index contributed by atoms with van der Waals surface area (Å²) < 4.78 is 11.0. The lowest BCUT2D eigenvalue weighted by Gasteiger charge is -2.21. The molecule has 1 aromatic carbocycles. The van der Waals surface area contributed by atoms with Crippen molar-refractivity contribution in [3.63, 3.8) is 0 Å². The monoisotopic (exact) mass is 359 g/mol. The Hall–Kier alpha value is -2.83. The Morgan fingerprint density at radius 1 is 1.35 bits per heavy atom. The minimum Gasteiger partial charge on any atom is -0.483 e. The van der Waals surface area contributed by atoms with Gasteiger partial charge in [-0.3, -0.25) is 4.79 Å². The summed E-state index contributed by atoms with van der Waals surface area (Å²) in [6, 6.07) is 4.18. The summed E-state index contributed by atoms with van der Waals surface area (Å²) in [7, 11) is 0. The summed E-state index contributed by atoms with van der Waals surface area (Å²) in [5.74, 6) is -0.896. The number of nitrogens with zero attached hydrogens (tertiary/aromatic N) is 1. The van der Waals surface area contributed by atoms with Crippen molar-refractivity contribution in [2.75, 3.05) is 13.2 Å². The molecule has 2 aromatic rings. The fraction of sp³-hybridized carbons (Fsp3) is 0.421. The van der Waals surface area contributed by atoms with Crippen molar-refractivity contribution in [3.05, 3.63) is 39.7 Å². The van der Waals surface area contributed by atoms with Crippen LogP contribution in [0.5, 0.6) is 5.75 Å². The number of carbonyl (C=O) groups is 2. The number of aliphatic carboxylic acids is 1. The summed E-state index contributed by atoms with van der Waals surface area (Å²) in [4.78, 5) is 36.7. The molecular weight excluding hydrogens is 338 g/mol. The van der Waals surface area contributed by atoms with E-state index in [1.807, 2.05) is 13.8 Å². The van der Waals surface area contributed by atoms with Crippen LogP contribution >= 0.6 is 0 Å². The molecule has 0 aliphatic carbocycles. The smallest absolute Gasteiger partial charge is 0.336 e. The van der Waals surface area contributed by atoms with Crippen LogP contribution in [-0.4, -0.2) is 41.1 Å². The van der Waals surface area contributed by atoms with Gasteiger partial charge in [-0.2, -0.15) is 0 Å². The van der Waals surface area contributed by atoms with Gasteiger partial charge in [-0.1, -0.05) is 6.92 Å². The summed E-state index contributed by atoms with van der Waals surface area (Å²) in [6.07, 6.45) is 1.74. The van der Waals surface area contributed by atoms with Crippen LogP contribution in [0, 0.1) is 6.92 Å². The number of benzene rings is 1. The van der Waals surface area contributed by atoms with Gasteiger partial charge in [0.1, 0.15) is 17.4 Å². The van der Waals surface area contributed by atoms with Crippen molar-refractivity contribution in [2.45, 2.75) is 39.2 Å². The fourth-order valence-electron chi connectivity index (χ4n) is 3.41. The van der Waals surface area contributed by atoms with Gasteiger partial charge in [0.2, 0.25) is 0 Å². The SMILES string of the molecule is CCc1cc(=O)oc2cc(C)cc(OCC(=O)N3CCC[C@@H]3C(=O)O)c12. The van der Waals surface area contributed by atoms with Crippen LogP contribution in [0.3, 0.4) is 0 Å². The highest BCUT2D eigenvalue weighted by Gasteiger charge is 2.34. The van der Waals surface area contributed by atoms with Crippen molar-refractivity contribution >= 4 is 22.8 Å². The Balaban J connectivity index is 1.88. The molecule has 1 aliphatic heterocycles. The van der Waals surface area contributed by atoms with E-state index in [0.29, 0.717) is 42.5 Å². The molecule has 1 saturated heterocycles. The van der Waals surface area contributed by atoms with Crippen molar-refractivity contribution in [3.8, 4) is 5.75 Å². The second-order valence-electron chi connectivity index (χ2n) is 6.45. The van der Waals surface area contributed by atoms with Crippen LogP contribution in [0.1, 0.15) is 30.9 Å². The maximum absolute atomic E-state index is 12.4. The third-order valence-corrected chi connectivity index (χ3v) is 4.62. The number of rotatable bonds is 5. The van der Waals surface area contributed by atoms with Crippen molar-refractivity contribution in [1.82, 2.24) is 4.90 Å². The molecule has 2 heterocycles. The first-order valence-electron chi connectivity index (χ1n) is 8.63. The molecule has 1 aliphatic rings. The van der Waals surface area contributed by atoms with Crippen LogP contribution in [-0.2, 0) is 16.0 Å². The maximum atomic E-state index is 12.4. The first-order chi connectivity index (χ1) is 12.4. The van der Waals surface area contributed by atoms with E-state index in [9.17, 15) is 19.5 Å². The van der Waals surface area contributed by atoms with E-state index in [2.05, 4.69) is 0 Å². The Labute approximate surface area is 150 Å². The van der Waals surface area contributed by atoms with Crippen molar-refractivity contribution in [1.29, 1.82) is 0 Å². The molecule has 1 atom stereocenters. The molecule has 0 spiro atoms. The van der Waals surface area contributed by atoms with Gasteiger partial charge in [0.15, 0.2) is 6.61 Å². The number of carboxylic acids is 1. The summed E-state index contributed by atoms with van der Waals surface area (Å²) in [5.41, 5.74) is 1.61. The number of likely N-dealkylation sites (tertiary alicyclic amines) is 1. The van der Waals surface area contributed by atoms with Gasteiger partial charge in [0, 0.05) is 12.6 Å². The van der Waals surface area contributed by atoms with Gasteiger partial charge in [-0.15, -0.1) is 0 Å². The van der Waals surface area contributed by atoms with Crippen LogP contribution in [0.25, 0.3) is 11.0 Å². The molecule has 1 N–H and O–H groups in total. The number of fused-ring (bicyclic) bond motifs is 1. The van der Waals surface area contributed by atoms with Crippen LogP contribution in [0.2, 0.25) is 0 Å². The normalized spacial score (nSPS) is 16.8. The van der Waals surface area contributed by atoms with E-state index in [0.717, 1.165) is 11.1 Å². The topological polar surface area (TPSA) is 97.0 Å². The molecule has 0 unspecified atom stereocenters. The number of amides is 1. The number of ether oxygens (including phenoxy) is 1. The minimum absolute atomic E-state index is 0.259. The molecule has 1 amide bonds. The molecule has 0 bridgehead atoms. The Morgan fingerprint density at radius 3 is 2.81 bits per heavy atom. The van der Waals surface area contributed by atoms with Gasteiger partial charge in [0.05, 0.1) is 5.39 Å². The highest BCUT2D eigenvalue weighted by molar-refractivity contribution is 5.89. The van der Waals surface area contributed by atoms with E-state index in [1.165, 1.54) is 11.0 Å². The molecule has 1 fully saturated rings. The number of carbonyl (C=O) groups excluding carboxylic acids is 1. The highest BCUT2D eigenvalue weighted by atomic mass is 16.5. The third-order valence-electron chi connectivity index (χ3n) is 4.62. The molecule has 26 heavy (non-hydrogen) atoms. The van der Waals surface area contributed by atoms with E-state index < -0.39 is 17.6 Å². The van der Waals surface area contributed by atoms with E-state index in [-0.39, 0.29) is 12.5 Å². The number of aryl methyl sites for hydroxylation is 2. The number of hydrogen-bond donors (Lipinski definition) is 1. The van der Waals surface area contributed by atoms with Crippen molar-refractivity contribution < 1.29 is 23.8 Å². The molecule has 7 heteroatoms. The van der Waals surface area contributed by atoms with Crippen LogP contribution in [0.4, 0.5) is 0 Å². The number of hydrogen-bond acceptors (Lipinski definition) is 5. The molecule has 138 valence electrons. The van der Waals surface area contributed by atoms with Crippen LogP contribution < -0.4 is 10.4 Å². The van der Waals surface area contributed by atoms with Crippen molar-refractivity contribution in [2.24, 2.45) is 0 Å². The van der Waals surface area contributed by atoms with Gasteiger partial charge in [-0.25, -0.2) is 9.59 Å². The minimum atomic E-state index is -0.994. The second-order valence-corrected chi connectivity index (χ2v) is 6.45. The largest absolute Gasteiger partial charge is 0.483 e. The molecule has 0 radical (unpaired) electrons. The van der Waals surface area contributed by atoms with Gasteiger partial charge in [-0.05, 0) is 49.4 Å². The first-order valence-corrected chi connectivity index (χ1v) is 8.63. The third kappa shape index (κ3) is 3.42. The molecular formula is C19H21NO6. The molecule has 7 nitrogen and oxygen atoms in total. The molecule has 0 saturated carbocycles. The summed E-state index contributed by atoms with van der Waals surface area (Å²) >= 11 is 0. The summed E-state index contributed by atoms with van der Waals surface area (Å²) in [6.45, 7) is 3.92. The number of carboxylic acid groups (broad SMARTS) is 1. The van der Waals surface area contributed by atoms with Gasteiger partial charge < -0.3 is 19.2 Å². The van der Waals surface area contributed by atoms with E-state index >= 15 is 0 Å².